The zero-order valence-corrected chi connectivity index (χ0v) is 17.4. The van der Waals surface area contributed by atoms with Crippen LogP contribution in [-0.2, 0) is 19.9 Å². The molecule has 2 atom stereocenters. The van der Waals surface area contributed by atoms with Crippen molar-refractivity contribution in [3.63, 3.8) is 0 Å². The lowest BCUT2D eigenvalue weighted by Crippen LogP contribution is -2.15. The molecule has 0 saturated heterocycles. The number of nitrogens with one attached hydrogen (secondary N) is 1. The number of thiophene rings is 1. The highest BCUT2D eigenvalue weighted by atomic mass is 32.2. The van der Waals surface area contributed by atoms with Crippen LogP contribution < -0.4 is 5.56 Å². The number of aryl methyl sites for hydroxylation is 1. The van der Waals surface area contributed by atoms with Crippen LogP contribution in [-0.4, -0.2) is 24.7 Å². The Morgan fingerprint density at radius 3 is 2.89 bits per heavy atom. The summed E-state index contributed by atoms with van der Waals surface area (Å²) in [5.74, 6) is 3.05. The molecule has 6 nitrogen and oxygen atoms in total. The van der Waals surface area contributed by atoms with Crippen molar-refractivity contribution in [3.05, 3.63) is 32.4 Å². The smallest absolute Gasteiger partial charge is 0.259 e. The predicted molar refractivity (Wildman–Crippen MR) is 109 cm³/mol. The molecule has 0 amide bonds. The number of hydrogen-bond donors (Lipinski definition) is 1. The van der Waals surface area contributed by atoms with Gasteiger partial charge in [0.2, 0.25) is 0 Å². The van der Waals surface area contributed by atoms with Gasteiger partial charge in [-0.05, 0) is 50.5 Å². The lowest BCUT2D eigenvalue weighted by Gasteiger charge is -2.17. The first-order chi connectivity index (χ1) is 13.0. The molecule has 1 saturated carbocycles. The molecule has 2 aliphatic rings. The van der Waals surface area contributed by atoms with Crippen LogP contribution >= 0.6 is 23.1 Å². The van der Waals surface area contributed by atoms with E-state index in [1.54, 1.807) is 23.1 Å². The van der Waals surface area contributed by atoms with Gasteiger partial charge in [-0.25, -0.2) is 4.98 Å². The van der Waals surface area contributed by atoms with Gasteiger partial charge >= 0.3 is 0 Å². The number of thioether (sulfide) groups is 1. The maximum atomic E-state index is 12.8. The summed E-state index contributed by atoms with van der Waals surface area (Å²) in [6, 6.07) is 0. The lowest BCUT2D eigenvalue weighted by molar-refractivity contribution is 0.509. The van der Waals surface area contributed by atoms with Gasteiger partial charge in [0, 0.05) is 17.8 Å². The second-order valence-corrected chi connectivity index (χ2v) is 10.3. The van der Waals surface area contributed by atoms with Gasteiger partial charge in [0.25, 0.3) is 5.56 Å². The summed E-state index contributed by atoms with van der Waals surface area (Å²) < 4.78 is 2.08. The molecule has 3 aromatic heterocycles. The first-order valence-electron chi connectivity index (χ1n) is 9.61. The minimum atomic E-state index is 0.00568. The Bertz CT molecular complexity index is 1080. The monoisotopic (exact) mass is 401 g/mol. The van der Waals surface area contributed by atoms with Crippen LogP contribution in [0, 0.1) is 5.92 Å². The van der Waals surface area contributed by atoms with E-state index in [9.17, 15) is 4.79 Å². The summed E-state index contributed by atoms with van der Waals surface area (Å²) in [5, 5.41) is 10.4. The standard InChI is InChI=1S/C19H23N5OS2/c1-9-4-7-12-13(8-9)27-18-14(12)17(25)20-15(21-18)10(2)26-19-23-22-16(24(19)3)11-5-6-11/h9-11H,4-8H2,1-3H3,(H,20,21,25)/t9-,10+/m0/s1. The zero-order valence-electron chi connectivity index (χ0n) is 15.8. The Morgan fingerprint density at radius 1 is 1.30 bits per heavy atom. The molecule has 0 spiro atoms. The van der Waals surface area contributed by atoms with Crippen molar-refractivity contribution in [2.75, 3.05) is 0 Å². The average Bonchev–Trinajstić information content (AvgIpc) is 3.31. The van der Waals surface area contributed by atoms with Gasteiger partial charge in [0.1, 0.15) is 16.5 Å². The fourth-order valence-corrected chi connectivity index (χ4v) is 6.17. The molecule has 5 rings (SSSR count). The van der Waals surface area contributed by atoms with Crippen LogP contribution in [0.4, 0.5) is 0 Å². The van der Waals surface area contributed by atoms with Crippen molar-refractivity contribution in [1.29, 1.82) is 0 Å². The number of aromatic nitrogens is 5. The maximum absolute atomic E-state index is 12.8. The highest BCUT2D eigenvalue weighted by Crippen LogP contribution is 2.41. The number of nitrogens with zero attached hydrogens (tertiary/aromatic N) is 4. The molecule has 0 bridgehead atoms. The first kappa shape index (κ1) is 17.4. The van der Waals surface area contributed by atoms with Gasteiger partial charge < -0.3 is 9.55 Å². The second-order valence-electron chi connectivity index (χ2n) is 7.92. The minimum absolute atomic E-state index is 0.00568. The molecule has 0 aliphatic heterocycles. The van der Waals surface area contributed by atoms with Crippen molar-refractivity contribution in [3.8, 4) is 0 Å². The highest BCUT2D eigenvalue weighted by molar-refractivity contribution is 7.99. The third-order valence-electron chi connectivity index (χ3n) is 5.66. The summed E-state index contributed by atoms with van der Waals surface area (Å²) in [4.78, 5) is 22.9. The summed E-state index contributed by atoms with van der Waals surface area (Å²) in [7, 11) is 2.02. The van der Waals surface area contributed by atoms with Gasteiger partial charge in [0.15, 0.2) is 5.16 Å². The van der Waals surface area contributed by atoms with Crippen molar-refractivity contribution < 1.29 is 0 Å². The molecule has 3 heterocycles. The van der Waals surface area contributed by atoms with Gasteiger partial charge in [0.05, 0.1) is 10.6 Å². The van der Waals surface area contributed by atoms with Crippen LogP contribution in [0.2, 0.25) is 0 Å². The Kier molecular flexibility index (Phi) is 4.16. The molecule has 3 aromatic rings. The molecule has 8 heteroatoms. The molecule has 142 valence electrons. The Morgan fingerprint density at radius 2 is 2.11 bits per heavy atom. The van der Waals surface area contributed by atoms with E-state index in [0.717, 1.165) is 46.3 Å². The molecular weight excluding hydrogens is 378 g/mol. The molecule has 1 fully saturated rings. The van der Waals surface area contributed by atoms with Crippen LogP contribution in [0.3, 0.4) is 0 Å². The Balaban J connectivity index is 1.47. The highest BCUT2D eigenvalue weighted by Gasteiger charge is 2.30. The molecule has 0 aromatic carbocycles. The van der Waals surface area contributed by atoms with Crippen LogP contribution in [0.1, 0.15) is 66.4 Å². The lowest BCUT2D eigenvalue weighted by atomic mass is 9.89. The van der Waals surface area contributed by atoms with Gasteiger partial charge in [-0.3, -0.25) is 4.79 Å². The average molecular weight is 402 g/mol. The van der Waals surface area contributed by atoms with E-state index in [-0.39, 0.29) is 10.8 Å². The fourth-order valence-electron chi connectivity index (χ4n) is 3.90. The zero-order chi connectivity index (χ0) is 18.7. The third kappa shape index (κ3) is 3.02. The molecule has 2 aliphatic carbocycles. The quantitative estimate of drug-likeness (QED) is 0.670. The first-order valence-corrected chi connectivity index (χ1v) is 11.3. The van der Waals surface area contributed by atoms with Crippen LogP contribution in [0.25, 0.3) is 10.2 Å². The van der Waals surface area contributed by atoms with E-state index in [1.165, 1.54) is 23.3 Å². The van der Waals surface area contributed by atoms with Crippen molar-refractivity contribution in [2.45, 2.75) is 62.3 Å². The van der Waals surface area contributed by atoms with E-state index >= 15 is 0 Å². The molecule has 0 radical (unpaired) electrons. The predicted octanol–water partition coefficient (Wildman–Crippen LogP) is 3.97. The largest absolute Gasteiger partial charge is 0.309 e. The summed E-state index contributed by atoms with van der Waals surface area (Å²) in [5.41, 5.74) is 1.24. The van der Waals surface area contributed by atoms with E-state index in [0.29, 0.717) is 11.8 Å². The van der Waals surface area contributed by atoms with E-state index in [2.05, 4.69) is 33.6 Å². The number of rotatable bonds is 4. The maximum Gasteiger partial charge on any atom is 0.259 e. The van der Waals surface area contributed by atoms with Crippen molar-refractivity contribution in [2.24, 2.45) is 13.0 Å². The summed E-state index contributed by atoms with van der Waals surface area (Å²) in [6.07, 6.45) is 5.63. The van der Waals surface area contributed by atoms with E-state index in [4.69, 9.17) is 4.98 Å². The van der Waals surface area contributed by atoms with Crippen LogP contribution in [0.5, 0.6) is 0 Å². The number of H-pyrrole nitrogens is 1. The topological polar surface area (TPSA) is 76.5 Å². The number of fused-ring (bicyclic) bond motifs is 3. The van der Waals surface area contributed by atoms with Crippen molar-refractivity contribution in [1.82, 2.24) is 24.7 Å². The minimum Gasteiger partial charge on any atom is -0.309 e. The summed E-state index contributed by atoms with van der Waals surface area (Å²) in [6.45, 7) is 4.35. The van der Waals surface area contributed by atoms with E-state index < -0.39 is 0 Å². The van der Waals surface area contributed by atoms with Crippen molar-refractivity contribution >= 4 is 33.3 Å². The molecule has 0 unspecified atom stereocenters. The number of hydrogen-bond acceptors (Lipinski definition) is 6. The normalized spacial score (nSPS) is 20.8. The fraction of sp³-hybridized carbons (Fsp3) is 0.579. The molecule has 1 N–H and O–H groups in total. The van der Waals surface area contributed by atoms with Gasteiger partial charge in [-0.2, -0.15) is 0 Å². The Hall–Kier alpha value is -1.67. The van der Waals surface area contributed by atoms with Gasteiger partial charge in [-0.15, -0.1) is 21.5 Å². The number of aromatic amines is 1. The molecule has 27 heavy (non-hydrogen) atoms. The third-order valence-corrected chi connectivity index (χ3v) is 7.95. The SMILES string of the molecule is C[C@H]1CCc2c(sc3nc([C@@H](C)Sc4nnc(C5CC5)n4C)[nH]c(=O)c23)C1. The molecular formula is C19H23N5OS2. The van der Waals surface area contributed by atoms with E-state index in [1.807, 2.05) is 7.05 Å². The summed E-state index contributed by atoms with van der Waals surface area (Å²) >= 11 is 3.30. The Labute approximate surface area is 165 Å². The van der Waals surface area contributed by atoms with Crippen LogP contribution in [0.15, 0.2) is 9.95 Å². The second kappa shape index (κ2) is 6.44. The van der Waals surface area contributed by atoms with Gasteiger partial charge in [-0.1, -0.05) is 18.7 Å².